The van der Waals surface area contributed by atoms with Crippen LogP contribution in [0.1, 0.15) is 23.2 Å². The Kier molecular flexibility index (Phi) is 4.02. The van der Waals surface area contributed by atoms with Gasteiger partial charge in [0.25, 0.3) is 0 Å². The molecule has 1 heterocycles. The van der Waals surface area contributed by atoms with Crippen molar-refractivity contribution in [2.45, 2.75) is 12.8 Å². The number of ketones is 1. The van der Waals surface area contributed by atoms with Gasteiger partial charge in [-0.05, 0) is 23.3 Å². The molecule has 2 aromatic carbocycles. The van der Waals surface area contributed by atoms with E-state index in [2.05, 4.69) is 0 Å². The summed E-state index contributed by atoms with van der Waals surface area (Å²) >= 11 is 1.51. The molecule has 0 aliphatic rings. The van der Waals surface area contributed by atoms with E-state index in [-0.39, 0.29) is 18.6 Å². The minimum Gasteiger partial charge on any atom is -0.481 e. The number of carboxylic acid groups (broad SMARTS) is 1. The van der Waals surface area contributed by atoms with Crippen molar-refractivity contribution < 1.29 is 14.7 Å². The van der Waals surface area contributed by atoms with Gasteiger partial charge in [-0.25, -0.2) is 0 Å². The molecular formula is C18H14O3S. The van der Waals surface area contributed by atoms with E-state index in [9.17, 15) is 9.59 Å². The number of fused-ring (bicyclic) bond motifs is 1. The molecule has 0 aliphatic heterocycles. The molecule has 1 N–H and O–H groups in total. The van der Waals surface area contributed by atoms with Crippen molar-refractivity contribution in [3.05, 3.63) is 59.5 Å². The number of carboxylic acids is 1. The molecule has 110 valence electrons. The van der Waals surface area contributed by atoms with E-state index in [1.54, 1.807) is 0 Å². The largest absolute Gasteiger partial charge is 0.481 e. The molecule has 3 rings (SSSR count). The van der Waals surface area contributed by atoms with E-state index in [0.29, 0.717) is 5.56 Å². The number of carbonyl (C=O) groups excluding carboxylic acids is 1. The van der Waals surface area contributed by atoms with Crippen LogP contribution in [0.2, 0.25) is 0 Å². The average molecular weight is 310 g/mol. The fraction of sp³-hybridized carbons (Fsp3) is 0.111. The molecule has 0 saturated heterocycles. The summed E-state index contributed by atoms with van der Waals surface area (Å²) in [6, 6.07) is 16.0. The summed E-state index contributed by atoms with van der Waals surface area (Å²) < 4.78 is 1.04. The van der Waals surface area contributed by atoms with Gasteiger partial charge in [0.05, 0.1) is 6.42 Å². The van der Waals surface area contributed by atoms with Gasteiger partial charge in [0, 0.05) is 27.5 Å². The fourth-order valence-corrected chi connectivity index (χ4v) is 3.36. The summed E-state index contributed by atoms with van der Waals surface area (Å²) in [7, 11) is 0. The van der Waals surface area contributed by atoms with Gasteiger partial charge in [0.2, 0.25) is 0 Å². The third-order valence-corrected chi connectivity index (χ3v) is 4.51. The maximum Gasteiger partial charge on any atom is 0.303 e. The van der Waals surface area contributed by atoms with Crippen LogP contribution in [0.4, 0.5) is 0 Å². The second-order valence-corrected chi connectivity index (χ2v) is 5.95. The summed E-state index contributed by atoms with van der Waals surface area (Å²) in [5.41, 5.74) is 2.78. The highest BCUT2D eigenvalue weighted by molar-refractivity contribution is 7.17. The minimum atomic E-state index is -0.946. The van der Waals surface area contributed by atoms with Crippen molar-refractivity contribution in [2.24, 2.45) is 0 Å². The lowest BCUT2D eigenvalue weighted by molar-refractivity contribution is -0.136. The quantitative estimate of drug-likeness (QED) is 0.700. The van der Waals surface area contributed by atoms with Crippen molar-refractivity contribution in [3.63, 3.8) is 0 Å². The summed E-state index contributed by atoms with van der Waals surface area (Å²) in [6.45, 7) is 0. The number of carbonyl (C=O) groups is 2. The van der Waals surface area contributed by atoms with Crippen LogP contribution in [0.25, 0.3) is 21.2 Å². The topological polar surface area (TPSA) is 54.4 Å². The molecule has 0 aliphatic carbocycles. The smallest absolute Gasteiger partial charge is 0.303 e. The number of hydrogen-bond acceptors (Lipinski definition) is 3. The molecule has 0 fully saturated rings. The second kappa shape index (κ2) is 6.12. The SMILES string of the molecule is O=C(O)CCC(=O)c1csc2ccc(-c3ccccc3)cc12. The number of thiophene rings is 1. The standard InChI is InChI=1S/C18H14O3S/c19-16(7-9-18(20)21)15-11-22-17-8-6-13(10-14(15)17)12-4-2-1-3-5-12/h1-6,8,10-11H,7,9H2,(H,20,21). The molecule has 1 aromatic heterocycles. The van der Waals surface area contributed by atoms with Crippen LogP contribution < -0.4 is 0 Å². The van der Waals surface area contributed by atoms with Crippen LogP contribution >= 0.6 is 11.3 Å². The Hall–Kier alpha value is -2.46. The van der Waals surface area contributed by atoms with Crippen molar-refractivity contribution in [3.8, 4) is 11.1 Å². The molecule has 22 heavy (non-hydrogen) atoms. The number of hydrogen-bond donors (Lipinski definition) is 1. The summed E-state index contributed by atoms with van der Waals surface area (Å²) in [5, 5.41) is 11.4. The van der Waals surface area contributed by atoms with Crippen LogP contribution in [0.3, 0.4) is 0 Å². The lowest BCUT2D eigenvalue weighted by atomic mass is 10.0. The molecule has 0 atom stereocenters. The highest BCUT2D eigenvalue weighted by atomic mass is 32.1. The van der Waals surface area contributed by atoms with E-state index >= 15 is 0 Å². The van der Waals surface area contributed by atoms with Gasteiger partial charge in [0.1, 0.15) is 0 Å². The van der Waals surface area contributed by atoms with Crippen LogP contribution in [-0.4, -0.2) is 16.9 Å². The van der Waals surface area contributed by atoms with E-state index < -0.39 is 5.97 Å². The van der Waals surface area contributed by atoms with E-state index in [1.807, 2.05) is 53.9 Å². The normalized spacial score (nSPS) is 10.7. The first-order valence-electron chi connectivity index (χ1n) is 6.97. The Morgan fingerprint density at radius 2 is 1.73 bits per heavy atom. The predicted molar refractivity (Wildman–Crippen MR) is 88.5 cm³/mol. The van der Waals surface area contributed by atoms with Crippen molar-refractivity contribution in [1.29, 1.82) is 0 Å². The monoisotopic (exact) mass is 310 g/mol. The average Bonchev–Trinajstić information content (AvgIpc) is 2.96. The number of rotatable bonds is 5. The lowest BCUT2D eigenvalue weighted by Crippen LogP contribution is -2.03. The molecule has 4 heteroatoms. The molecule has 0 saturated carbocycles. The maximum atomic E-state index is 12.2. The van der Waals surface area contributed by atoms with Crippen molar-refractivity contribution in [1.82, 2.24) is 0 Å². The summed E-state index contributed by atoms with van der Waals surface area (Å²) in [5.74, 6) is -1.06. The van der Waals surface area contributed by atoms with E-state index in [1.165, 1.54) is 11.3 Å². The van der Waals surface area contributed by atoms with Crippen LogP contribution in [0.5, 0.6) is 0 Å². The molecule has 0 amide bonds. The number of benzene rings is 2. The molecule has 0 spiro atoms. The first-order valence-corrected chi connectivity index (χ1v) is 7.85. The third kappa shape index (κ3) is 2.92. The Bertz CT molecular complexity index is 834. The van der Waals surface area contributed by atoms with Gasteiger partial charge in [-0.15, -0.1) is 11.3 Å². The van der Waals surface area contributed by atoms with Crippen molar-refractivity contribution >= 4 is 33.2 Å². The number of Topliss-reactive ketones (excluding diaryl/α,β-unsaturated/α-hetero) is 1. The molecular weight excluding hydrogens is 296 g/mol. The zero-order valence-electron chi connectivity index (χ0n) is 11.8. The van der Waals surface area contributed by atoms with Gasteiger partial charge < -0.3 is 5.11 Å². The second-order valence-electron chi connectivity index (χ2n) is 5.04. The van der Waals surface area contributed by atoms with Gasteiger partial charge in [-0.2, -0.15) is 0 Å². The van der Waals surface area contributed by atoms with Crippen molar-refractivity contribution in [2.75, 3.05) is 0 Å². The van der Waals surface area contributed by atoms with Gasteiger partial charge >= 0.3 is 5.97 Å². The van der Waals surface area contributed by atoms with E-state index in [4.69, 9.17) is 5.11 Å². The summed E-state index contributed by atoms with van der Waals surface area (Å²) in [4.78, 5) is 22.8. The Balaban J connectivity index is 1.99. The molecule has 3 aromatic rings. The Morgan fingerprint density at radius 1 is 0.955 bits per heavy atom. The molecule has 0 bridgehead atoms. The lowest BCUT2D eigenvalue weighted by Gasteiger charge is -2.03. The third-order valence-electron chi connectivity index (χ3n) is 3.55. The zero-order valence-corrected chi connectivity index (χ0v) is 12.6. The Morgan fingerprint density at radius 3 is 2.45 bits per heavy atom. The zero-order chi connectivity index (χ0) is 15.5. The predicted octanol–water partition coefficient (Wildman–Crippen LogP) is 4.62. The number of aliphatic carboxylic acids is 1. The van der Waals surface area contributed by atoms with Gasteiger partial charge in [-0.3, -0.25) is 9.59 Å². The maximum absolute atomic E-state index is 12.2. The van der Waals surface area contributed by atoms with Crippen LogP contribution in [0.15, 0.2) is 53.9 Å². The van der Waals surface area contributed by atoms with Crippen LogP contribution in [-0.2, 0) is 4.79 Å². The first kappa shape index (κ1) is 14.5. The van der Waals surface area contributed by atoms with E-state index in [0.717, 1.165) is 21.2 Å². The highest BCUT2D eigenvalue weighted by Crippen LogP contribution is 2.31. The summed E-state index contributed by atoms with van der Waals surface area (Å²) in [6.07, 6.45) is -0.0920. The fourth-order valence-electron chi connectivity index (χ4n) is 2.41. The van der Waals surface area contributed by atoms with Gasteiger partial charge in [-0.1, -0.05) is 36.4 Å². The molecule has 0 unspecified atom stereocenters. The minimum absolute atomic E-state index is 0.0384. The molecule has 0 radical (unpaired) electrons. The molecule has 3 nitrogen and oxygen atoms in total. The first-order chi connectivity index (χ1) is 10.6. The van der Waals surface area contributed by atoms with Crippen LogP contribution in [0, 0.1) is 0 Å². The highest BCUT2D eigenvalue weighted by Gasteiger charge is 2.14. The Labute approximate surface area is 131 Å². The van der Waals surface area contributed by atoms with Gasteiger partial charge in [0.15, 0.2) is 5.78 Å².